The molecule has 4 saturated carbocycles. The molecule has 0 radical (unpaired) electrons. The molecule has 7 nitrogen and oxygen atoms in total. The quantitative estimate of drug-likeness (QED) is 0.746. The Bertz CT molecular complexity index is 1020. The molecule has 4 fully saturated rings. The van der Waals surface area contributed by atoms with Gasteiger partial charge in [0, 0.05) is 11.6 Å². The maximum Gasteiger partial charge on any atom is 0.223 e. The molecule has 3 heterocycles. The first-order valence-electron chi connectivity index (χ1n) is 9.06. The summed E-state index contributed by atoms with van der Waals surface area (Å²) in [4.78, 5) is 19.9. The highest BCUT2D eigenvalue weighted by molar-refractivity contribution is 5.82. The fourth-order valence-electron chi connectivity index (χ4n) is 6.53. The molecule has 3 N–H and O–H groups in total. The highest BCUT2D eigenvalue weighted by atomic mass is 16.1. The smallest absolute Gasteiger partial charge is 0.223 e. The van der Waals surface area contributed by atoms with E-state index in [0.717, 1.165) is 54.7 Å². The minimum Gasteiger partial charge on any atom is -0.369 e. The number of amides is 1. The summed E-state index contributed by atoms with van der Waals surface area (Å²) < 4.78 is 2.14. The van der Waals surface area contributed by atoms with Crippen LogP contribution in [0.2, 0.25) is 0 Å². The molecule has 4 aliphatic rings. The number of carbonyl (C=O) groups is 1. The molecule has 4 bridgehead atoms. The number of hydrogen-bond donors (Lipinski definition) is 2. The van der Waals surface area contributed by atoms with Crippen molar-refractivity contribution >= 4 is 22.7 Å². The first kappa shape index (κ1) is 13.8. The van der Waals surface area contributed by atoms with E-state index in [1.807, 2.05) is 12.3 Å². The number of primary amides is 1. The van der Waals surface area contributed by atoms with Gasteiger partial charge in [0.25, 0.3) is 0 Å². The Hall–Kier alpha value is -2.44. The molecule has 0 aliphatic heterocycles. The molecule has 25 heavy (non-hydrogen) atoms. The summed E-state index contributed by atoms with van der Waals surface area (Å²) >= 11 is 0. The van der Waals surface area contributed by atoms with Crippen LogP contribution in [0.4, 0.5) is 0 Å². The molecule has 1 amide bonds. The van der Waals surface area contributed by atoms with Crippen LogP contribution < -0.4 is 5.73 Å². The summed E-state index contributed by atoms with van der Waals surface area (Å²) in [6.45, 7) is 0. The fraction of sp³-hybridized carbons (Fsp3) is 0.556. The number of aromatic amines is 1. The van der Waals surface area contributed by atoms with Crippen LogP contribution >= 0.6 is 0 Å². The molecular weight excluding hydrogens is 316 g/mol. The lowest BCUT2D eigenvalue weighted by molar-refractivity contribution is -0.146. The Morgan fingerprint density at radius 1 is 1.24 bits per heavy atom. The van der Waals surface area contributed by atoms with Gasteiger partial charge in [0.1, 0.15) is 5.82 Å². The van der Waals surface area contributed by atoms with Crippen molar-refractivity contribution in [2.45, 2.75) is 43.9 Å². The zero-order chi connectivity index (χ0) is 16.8. The Labute approximate surface area is 144 Å². The molecule has 2 unspecified atom stereocenters. The van der Waals surface area contributed by atoms with Crippen molar-refractivity contribution < 1.29 is 4.79 Å². The van der Waals surface area contributed by atoms with Gasteiger partial charge in [-0.2, -0.15) is 0 Å². The van der Waals surface area contributed by atoms with Crippen LogP contribution in [0.1, 0.15) is 44.3 Å². The number of fused-ring (bicyclic) bond motifs is 3. The fourth-order valence-corrected chi connectivity index (χ4v) is 6.53. The lowest BCUT2D eigenvalue weighted by Crippen LogP contribution is -2.58. The van der Waals surface area contributed by atoms with E-state index in [1.54, 1.807) is 6.20 Å². The first-order valence-corrected chi connectivity index (χ1v) is 9.06. The molecule has 0 aromatic carbocycles. The Morgan fingerprint density at radius 3 is 2.80 bits per heavy atom. The summed E-state index contributed by atoms with van der Waals surface area (Å²) in [5.74, 6) is 2.02. The summed E-state index contributed by atoms with van der Waals surface area (Å²) in [6.07, 6.45) is 9.80. The van der Waals surface area contributed by atoms with Gasteiger partial charge in [0.15, 0.2) is 11.3 Å². The lowest BCUT2D eigenvalue weighted by atomic mass is 9.43. The van der Waals surface area contributed by atoms with Gasteiger partial charge in [-0.1, -0.05) is 0 Å². The number of nitrogens with one attached hydrogen (secondary N) is 1. The zero-order valence-corrected chi connectivity index (χ0v) is 13.9. The number of aromatic nitrogens is 5. The van der Waals surface area contributed by atoms with Crippen LogP contribution in [-0.4, -0.2) is 30.5 Å². The Balaban J connectivity index is 1.61. The van der Waals surface area contributed by atoms with E-state index < -0.39 is 0 Å². The second-order valence-corrected chi connectivity index (χ2v) is 8.57. The average molecular weight is 336 g/mol. The molecule has 128 valence electrons. The van der Waals surface area contributed by atoms with Crippen LogP contribution in [0.3, 0.4) is 0 Å². The van der Waals surface area contributed by atoms with Gasteiger partial charge in [-0.3, -0.25) is 9.20 Å². The van der Waals surface area contributed by atoms with Gasteiger partial charge in [-0.25, -0.2) is 4.98 Å². The van der Waals surface area contributed by atoms with Crippen molar-refractivity contribution in [3.8, 4) is 0 Å². The lowest BCUT2D eigenvalue weighted by Gasteiger charge is -2.60. The maximum absolute atomic E-state index is 12.4. The van der Waals surface area contributed by atoms with Crippen molar-refractivity contribution in [1.29, 1.82) is 0 Å². The maximum atomic E-state index is 12.4. The van der Waals surface area contributed by atoms with Crippen molar-refractivity contribution in [3.05, 3.63) is 24.3 Å². The predicted octanol–water partition coefficient (Wildman–Crippen LogP) is 1.93. The molecule has 0 spiro atoms. The van der Waals surface area contributed by atoms with E-state index >= 15 is 0 Å². The number of H-pyrrole nitrogens is 1. The standard InChI is InChI=1S/C18H20N6O/c19-15(25)17-4-10-3-11(5-17)7-18(6-10,9-17)16-23-22-13-8-21-14-12(24(13)16)1-2-20-14/h1-2,8,10-11,20H,3-7,9H2,(H2,19,25)/t10-,11+,17?,18?. The van der Waals surface area contributed by atoms with Gasteiger partial charge in [-0.05, 0) is 56.4 Å². The summed E-state index contributed by atoms with van der Waals surface area (Å²) in [7, 11) is 0. The largest absolute Gasteiger partial charge is 0.369 e. The van der Waals surface area contributed by atoms with Crippen molar-refractivity contribution in [2.24, 2.45) is 23.0 Å². The molecule has 7 heteroatoms. The van der Waals surface area contributed by atoms with Crippen molar-refractivity contribution in [2.75, 3.05) is 0 Å². The van der Waals surface area contributed by atoms with Crippen molar-refractivity contribution in [3.63, 3.8) is 0 Å². The summed E-state index contributed by atoms with van der Waals surface area (Å²) in [6, 6.07) is 2.02. The van der Waals surface area contributed by atoms with E-state index in [2.05, 4.69) is 24.6 Å². The molecule has 3 aromatic rings. The highest BCUT2D eigenvalue weighted by Crippen LogP contribution is 2.65. The van der Waals surface area contributed by atoms with Gasteiger partial charge >= 0.3 is 0 Å². The van der Waals surface area contributed by atoms with Crippen molar-refractivity contribution in [1.82, 2.24) is 24.6 Å². The van der Waals surface area contributed by atoms with E-state index in [0.29, 0.717) is 11.8 Å². The number of nitrogens with two attached hydrogens (primary N) is 1. The van der Waals surface area contributed by atoms with Gasteiger partial charge < -0.3 is 10.7 Å². The van der Waals surface area contributed by atoms with Crippen LogP contribution in [0.25, 0.3) is 16.8 Å². The van der Waals surface area contributed by atoms with Crippen LogP contribution in [-0.2, 0) is 10.2 Å². The minimum absolute atomic E-state index is 0.0932. The van der Waals surface area contributed by atoms with Gasteiger partial charge in [0.05, 0.1) is 17.1 Å². The second kappa shape index (κ2) is 4.20. The normalized spacial score (nSPS) is 36.5. The Kier molecular flexibility index (Phi) is 2.32. The third-order valence-corrected chi connectivity index (χ3v) is 7.00. The molecule has 4 aliphatic carbocycles. The third-order valence-electron chi connectivity index (χ3n) is 7.00. The SMILES string of the molecule is NC(=O)C12C[C@H]3C[C@@H](C1)CC(c1nnc4cnc5[nH]ccc5n14)(C3)C2. The predicted molar refractivity (Wildman–Crippen MR) is 90.6 cm³/mol. The Morgan fingerprint density at radius 2 is 2.04 bits per heavy atom. The molecule has 7 rings (SSSR count). The molecule has 3 aromatic heterocycles. The zero-order valence-electron chi connectivity index (χ0n) is 13.9. The van der Waals surface area contributed by atoms with E-state index in [4.69, 9.17) is 5.73 Å². The van der Waals surface area contributed by atoms with Gasteiger partial charge in [-0.15, -0.1) is 10.2 Å². The van der Waals surface area contributed by atoms with Crippen LogP contribution in [0.5, 0.6) is 0 Å². The second-order valence-electron chi connectivity index (χ2n) is 8.57. The number of nitrogens with zero attached hydrogens (tertiary/aromatic N) is 4. The number of rotatable bonds is 2. The number of hydrogen-bond acceptors (Lipinski definition) is 4. The van der Waals surface area contributed by atoms with E-state index in [1.165, 1.54) is 6.42 Å². The third kappa shape index (κ3) is 1.61. The minimum atomic E-state index is -0.347. The molecule has 0 saturated heterocycles. The monoisotopic (exact) mass is 336 g/mol. The summed E-state index contributed by atoms with van der Waals surface area (Å²) in [5, 5.41) is 9.01. The van der Waals surface area contributed by atoms with Crippen LogP contribution in [0.15, 0.2) is 18.5 Å². The van der Waals surface area contributed by atoms with Gasteiger partial charge in [0.2, 0.25) is 5.91 Å². The summed E-state index contributed by atoms with van der Waals surface area (Å²) in [5.41, 5.74) is 8.06. The average Bonchev–Trinajstić information content (AvgIpc) is 3.19. The topological polar surface area (TPSA) is 102 Å². The number of carbonyl (C=O) groups excluding carboxylic acids is 1. The first-order chi connectivity index (χ1) is 12.1. The molecular formula is C18H20N6O. The van der Waals surface area contributed by atoms with E-state index in [-0.39, 0.29) is 16.7 Å². The molecule has 4 atom stereocenters. The highest BCUT2D eigenvalue weighted by Gasteiger charge is 2.62. The van der Waals surface area contributed by atoms with E-state index in [9.17, 15) is 4.79 Å². The van der Waals surface area contributed by atoms with Crippen LogP contribution in [0, 0.1) is 17.3 Å².